The SMILES string of the molecule is N=C1N=C2N=CC(CCNc3ccc(C(=O)N[C@@H](CCC(=O)O)C(=O)O)cc3)=NC2C(=O)N1. The Kier molecular flexibility index (Phi) is 7.23. The Bertz CT molecular complexity index is 1080. The predicted molar refractivity (Wildman–Crippen MR) is 118 cm³/mol. The molecule has 2 aliphatic rings. The number of aliphatic carboxylic acids is 2. The van der Waals surface area contributed by atoms with Gasteiger partial charge in [0.2, 0.25) is 5.96 Å². The molecule has 1 aromatic carbocycles. The lowest BCUT2D eigenvalue weighted by Crippen LogP contribution is -2.47. The molecule has 1 aromatic rings. The van der Waals surface area contributed by atoms with Crippen molar-refractivity contribution in [3.05, 3.63) is 29.8 Å². The highest BCUT2D eigenvalue weighted by Crippen LogP contribution is 2.12. The molecule has 13 heteroatoms. The second-order valence-corrected chi connectivity index (χ2v) is 7.14. The first kappa shape index (κ1) is 23.2. The maximum Gasteiger partial charge on any atom is 0.326 e. The van der Waals surface area contributed by atoms with Crippen LogP contribution < -0.4 is 16.0 Å². The van der Waals surface area contributed by atoms with Crippen LogP contribution in [0.4, 0.5) is 5.69 Å². The summed E-state index contributed by atoms with van der Waals surface area (Å²) in [6, 6.07) is 4.15. The second kappa shape index (κ2) is 10.3. The molecule has 2 heterocycles. The van der Waals surface area contributed by atoms with Crippen LogP contribution in [-0.2, 0) is 14.4 Å². The number of carbonyl (C=O) groups is 4. The third-order valence-electron chi connectivity index (χ3n) is 4.71. The quantitative estimate of drug-likeness (QED) is 0.282. The Morgan fingerprint density at radius 3 is 2.58 bits per heavy atom. The fourth-order valence-corrected chi connectivity index (χ4v) is 3.03. The summed E-state index contributed by atoms with van der Waals surface area (Å²) in [5.41, 5.74) is 1.52. The van der Waals surface area contributed by atoms with Crippen LogP contribution in [-0.4, -0.2) is 76.3 Å². The van der Waals surface area contributed by atoms with E-state index in [9.17, 15) is 19.2 Å². The van der Waals surface area contributed by atoms with E-state index in [1.165, 1.54) is 18.3 Å². The van der Waals surface area contributed by atoms with Crippen LogP contribution in [0.25, 0.3) is 0 Å². The van der Waals surface area contributed by atoms with Gasteiger partial charge in [-0.05, 0) is 30.7 Å². The summed E-state index contributed by atoms with van der Waals surface area (Å²) < 4.78 is 0. The molecule has 0 saturated carbocycles. The molecule has 0 bridgehead atoms. The zero-order valence-corrected chi connectivity index (χ0v) is 17.2. The second-order valence-electron chi connectivity index (χ2n) is 7.14. The van der Waals surface area contributed by atoms with Gasteiger partial charge in [-0.2, -0.15) is 4.99 Å². The Hall–Kier alpha value is -4.42. The summed E-state index contributed by atoms with van der Waals surface area (Å²) in [6.45, 7) is 0.462. The molecular weight excluding hydrogens is 434 g/mol. The smallest absolute Gasteiger partial charge is 0.326 e. The number of guanidine groups is 1. The average molecular weight is 455 g/mol. The van der Waals surface area contributed by atoms with Crippen molar-refractivity contribution in [1.82, 2.24) is 10.6 Å². The van der Waals surface area contributed by atoms with Crippen LogP contribution in [0.2, 0.25) is 0 Å². The lowest BCUT2D eigenvalue weighted by molar-refractivity contribution is -0.140. The molecule has 3 rings (SSSR count). The van der Waals surface area contributed by atoms with Gasteiger partial charge in [0.15, 0.2) is 11.9 Å². The molecule has 172 valence electrons. The lowest BCUT2D eigenvalue weighted by atomic mass is 10.1. The molecular formula is C20H21N7O6. The first-order valence-electron chi connectivity index (χ1n) is 9.91. The van der Waals surface area contributed by atoms with Crippen LogP contribution in [0.1, 0.15) is 29.6 Å². The van der Waals surface area contributed by atoms with Gasteiger partial charge in [0.25, 0.3) is 11.8 Å². The van der Waals surface area contributed by atoms with Gasteiger partial charge in [-0.25, -0.2) is 9.79 Å². The normalized spacial score (nSPS) is 17.8. The molecule has 0 aliphatic carbocycles. The monoisotopic (exact) mass is 455 g/mol. The van der Waals surface area contributed by atoms with E-state index in [0.717, 1.165) is 0 Å². The van der Waals surface area contributed by atoms with Crippen LogP contribution in [0, 0.1) is 5.41 Å². The fraction of sp³-hybridized carbons (Fsp3) is 0.300. The third-order valence-corrected chi connectivity index (χ3v) is 4.71. The van der Waals surface area contributed by atoms with Crippen molar-refractivity contribution < 1.29 is 29.4 Å². The average Bonchev–Trinajstić information content (AvgIpc) is 2.77. The summed E-state index contributed by atoms with van der Waals surface area (Å²) in [5.74, 6) is -3.61. The summed E-state index contributed by atoms with van der Waals surface area (Å²) in [4.78, 5) is 58.3. The van der Waals surface area contributed by atoms with Crippen molar-refractivity contribution in [1.29, 1.82) is 5.41 Å². The molecule has 2 amide bonds. The molecule has 33 heavy (non-hydrogen) atoms. The zero-order chi connectivity index (χ0) is 24.0. The maximum absolute atomic E-state index is 12.3. The minimum Gasteiger partial charge on any atom is -0.481 e. The summed E-state index contributed by atoms with van der Waals surface area (Å²) in [7, 11) is 0. The Labute approximate surface area is 187 Å². The number of carboxylic acid groups (broad SMARTS) is 2. The molecule has 0 radical (unpaired) electrons. The van der Waals surface area contributed by atoms with E-state index in [0.29, 0.717) is 24.4 Å². The van der Waals surface area contributed by atoms with Gasteiger partial charge in [0.1, 0.15) is 6.04 Å². The number of rotatable bonds is 10. The summed E-state index contributed by atoms with van der Waals surface area (Å²) in [6.07, 6.45) is 1.37. The van der Waals surface area contributed by atoms with Crippen LogP contribution in [0.5, 0.6) is 0 Å². The van der Waals surface area contributed by atoms with E-state index < -0.39 is 35.8 Å². The first-order chi connectivity index (χ1) is 15.7. The van der Waals surface area contributed by atoms with Gasteiger partial charge in [-0.15, -0.1) is 0 Å². The van der Waals surface area contributed by atoms with Gasteiger partial charge >= 0.3 is 11.9 Å². The molecule has 0 spiro atoms. The number of aliphatic imine (C=N–C) groups is 3. The molecule has 6 N–H and O–H groups in total. The molecule has 1 unspecified atom stereocenters. The standard InChI is InChI=1S/C20H21N7O6/c21-20-26-16-15(18(31)27-20)24-12(9-23-16)7-8-22-11-3-1-10(2-4-11)17(30)25-13(19(32)33)5-6-14(28)29/h1-4,9,13,15,22H,5-8H2,(H,25,30)(H,28,29)(H,32,33)(H2,21,27,31)/t13-,15?/m0/s1. The molecule has 13 nitrogen and oxygen atoms in total. The number of hydrogen-bond donors (Lipinski definition) is 6. The number of carboxylic acids is 2. The Balaban J connectivity index is 1.51. The number of hydrogen-bond acceptors (Lipinski definition) is 8. The number of nitrogens with one attached hydrogen (secondary N) is 4. The lowest BCUT2D eigenvalue weighted by Gasteiger charge is -2.20. The zero-order valence-electron chi connectivity index (χ0n) is 17.2. The number of benzene rings is 1. The largest absolute Gasteiger partial charge is 0.481 e. The van der Waals surface area contributed by atoms with Gasteiger partial charge in [-0.3, -0.25) is 30.1 Å². The van der Waals surface area contributed by atoms with Crippen LogP contribution >= 0.6 is 0 Å². The number of fused-ring (bicyclic) bond motifs is 1. The van der Waals surface area contributed by atoms with Crippen molar-refractivity contribution in [2.24, 2.45) is 15.0 Å². The van der Waals surface area contributed by atoms with Gasteiger partial charge < -0.3 is 20.8 Å². The Morgan fingerprint density at radius 1 is 1.18 bits per heavy atom. The van der Waals surface area contributed by atoms with Crippen molar-refractivity contribution in [2.75, 3.05) is 11.9 Å². The number of amidine groups is 1. The highest BCUT2D eigenvalue weighted by Gasteiger charge is 2.31. The number of amides is 2. The first-order valence-corrected chi connectivity index (χ1v) is 9.91. The Morgan fingerprint density at radius 2 is 1.91 bits per heavy atom. The van der Waals surface area contributed by atoms with Crippen LogP contribution in [0.3, 0.4) is 0 Å². The topological polar surface area (TPSA) is 206 Å². The molecule has 0 aromatic heterocycles. The minimum atomic E-state index is -1.31. The number of nitrogens with zero attached hydrogens (tertiary/aromatic N) is 3. The van der Waals surface area contributed by atoms with E-state index >= 15 is 0 Å². The summed E-state index contributed by atoms with van der Waals surface area (Å²) >= 11 is 0. The molecule has 2 aliphatic heterocycles. The van der Waals surface area contributed by atoms with E-state index in [1.807, 2.05) is 0 Å². The van der Waals surface area contributed by atoms with Crippen molar-refractivity contribution >= 4 is 53.2 Å². The summed E-state index contributed by atoms with van der Waals surface area (Å²) in [5, 5.41) is 33.0. The number of carbonyl (C=O) groups excluding carboxylic acids is 2. The van der Waals surface area contributed by atoms with Gasteiger partial charge in [0, 0.05) is 30.6 Å². The van der Waals surface area contributed by atoms with E-state index in [1.54, 1.807) is 12.1 Å². The van der Waals surface area contributed by atoms with Crippen molar-refractivity contribution in [2.45, 2.75) is 31.3 Å². The molecule has 0 saturated heterocycles. The molecule has 0 fully saturated rings. The van der Waals surface area contributed by atoms with E-state index in [2.05, 4.69) is 30.9 Å². The molecule has 2 atom stereocenters. The predicted octanol–water partition coefficient (Wildman–Crippen LogP) is -0.107. The maximum atomic E-state index is 12.3. The van der Waals surface area contributed by atoms with Crippen LogP contribution in [0.15, 0.2) is 39.2 Å². The number of anilines is 1. The van der Waals surface area contributed by atoms with E-state index in [4.69, 9.17) is 15.6 Å². The minimum absolute atomic E-state index is 0.183. The highest BCUT2D eigenvalue weighted by atomic mass is 16.4. The van der Waals surface area contributed by atoms with Crippen molar-refractivity contribution in [3.8, 4) is 0 Å². The highest BCUT2D eigenvalue weighted by molar-refractivity contribution is 6.37. The van der Waals surface area contributed by atoms with Gasteiger partial charge in [0.05, 0.1) is 11.9 Å². The third kappa shape index (κ3) is 6.29. The van der Waals surface area contributed by atoms with E-state index in [-0.39, 0.29) is 30.2 Å². The van der Waals surface area contributed by atoms with Crippen molar-refractivity contribution in [3.63, 3.8) is 0 Å². The fourth-order valence-electron chi connectivity index (χ4n) is 3.03. The van der Waals surface area contributed by atoms with Gasteiger partial charge in [-0.1, -0.05) is 0 Å².